The lowest BCUT2D eigenvalue weighted by Gasteiger charge is -2.33. The highest BCUT2D eigenvalue weighted by atomic mass is 16.5. The van der Waals surface area contributed by atoms with Crippen molar-refractivity contribution in [1.82, 2.24) is 10.2 Å². The van der Waals surface area contributed by atoms with Gasteiger partial charge in [0.25, 0.3) is 0 Å². The van der Waals surface area contributed by atoms with Crippen molar-refractivity contribution in [2.24, 2.45) is 17.6 Å². The SMILES string of the molecule is COCCNCC1CCN(CC(C)C(N)=O)CC1. The van der Waals surface area contributed by atoms with E-state index in [1.807, 2.05) is 6.92 Å². The Balaban J connectivity index is 2.11. The van der Waals surface area contributed by atoms with Crippen LogP contribution in [0.2, 0.25) is 0 Å². The molecule has 0 aromatic carbocycles. The van der Waals surface area contributed by atoms with E-state index < -0.39 is 0 Å². The summed E-state index contributed by atoms with van der Waals surface area (Å²) in [5.74, 6) is 0.515. The summed E-state index contributed by atoms with van der Waals surface area (Å²) in [5, 5.41) is 3.41. The molecule has 1 heterocycles. The summed E-state index contributed by atoms with van der Waals surface area (Å²) < 4.78 is 5.00. The molecule has 1 amide bonds. The maximum absolute atomic E-state index is 11.0. The number of carbonyl (C=O) groups excluding carboxylic acids is 1. The molecule has 0 bridgehead atoms. The normalized spacial score (nSPS) is 19.9. The van der Waals surface area contributed by atoms with Gasteiger partial charge >= 0.3 is 0 Å². The average Bonchev–Trinajstić information content (AvgIpc) is 2.36. The number of primary amides is 1. The van der Waals surface area contributed by atoms with E-state index in [0.29, 0.717) is 0 Å². The fraction of sp³-hybridized carbons (Fsp3) is 0.923. The Morgan fingerprint density at radius 3 is 2.72 bits per heavy atom. The first-order valence-corrected chi connectivity index (χ1v) is 6.84. The molecule has 5 nitrogen and oxygen atoms in total. The van der Waals surface area contributed by atoms with E-state index in [4.69, 9.17) is 10.5 Å². The minimum Gasteiger partial charge on any atom is -0.383 e. The Morgan fingerprint density at radius 1 is 1.50 bits per heavy atom. The molecule has 1 fully saturated rings. The Hall–Kier alpha value is -0.650. The van der Waals surface area contributed by atoms with Gasteiger partial charge in [-0.2, -0.15) is 0 Å². The van der Waals surface area contributed by atoms with Gasteiger partial charge in [0.2, 0.25) is 5.91 Å². The quantitative estimate of drug-likeness (QED) is 0.603. The molecule has 0 radical (unpaired) electrons. The van der Waals surface area contributed by atoms with Gasteiger partial charge < -0.3 is 20.7 Å². The monoisotopic (exact) mass is 257 g/mol. The maximum Gasteiger partial charge on any atom is 0.221 e. The van der Waals surface area contributed by atoms with Crippen LogP contribution in [0.1, 0.15) is 19.8 Å². The zero-order valence-corrected chi connectivity index (χ0v) is 11.7. The number of nitrogens with one attached hydrogen (secondary N) is 1. The van der Waals surface area contributed by atoms with E-state index in [0.717, 1.165) is 45.2 Å². The van der Waals surface area contributed by atoms with Crippen molar-refractivity contribution in [1.29, 1.82) is 0 Å². The second-order valence-corrected chi connectivity index (χ2v) is 5.24. The standard InChI is InChI=1S/C13H27N3O2/c1-11(13(14)17)10-16-6-3-12(4-7-16)9-15-5-8-18-2/h11-12,15H,3-10H2,1-2H3,(H2,14,17). The van der Waals surface area contributed by atoms with Crippen molar-refractivity contribution in [2.45, 2.75) is 19.8 Å². The number of piperidine rings is 1. The molecule has 0 spiro atoms. The van der Waals surface area contributed by atoms with Crippen LogP contribution in [0.3, 0.4) is 0 Å². The summed E-state index contributed by atoms with van der Waals surface area (Å²) in [4.78, 5) is 13.4. The Kier molecular flexibility index (Phi) is 7.23. The lowest BCUT2D eigenvalue weighted by Crippen LogP contribution is -2.41. The number of nitrogens with zero attached hydrogens (tertiary/aromatic N) is 1. The molecule has 0 saturated carbocycles. The van der Waals surface area contributed by atoms with Crippen LogP contribution < -0.4 is 11.1 Å². The van der Waals surface area contributed by atoms with Gasteiger partial charge in [-0.3, -0.25) is 4.79 Å². The fourth-order valence-electron chi connectivity index (χ4n) is 2.33. The van der Waals surface area contributed by atoms with Gasteiger partial charge in [-0.25, -0.2) is 0 Å². The second kappa shape index (κ2) is 8.45. The van der Waals surface area contributed by atoms with Gasteiger partial charge in [-0.05, 0) is 38.4 Å². The van der Waals surface area contributed by atoms with Crippen LogP contribution in [-0.4, -0.2) is 57.2 Å². The van der Waals surface area contributed by atoms with Crippen LogP contribution >= 0.6 is 0 Å². The van der Waals surface area contributed by atoms with E-state index in [9.17, 15) is 4.79 Å². The van der Waals surface area contributed by atoms with Crippen molar-refractivity contribution in [3.8, 4) is 0 Å². The smallest absolute Gasteiger partial charge is 0.221 e. The first kappa shape index (κ1) is 15.4. The molecule has 0 aliphatic carbocycles. The van der Waals surface area contributed by atoms with Gasteiger partial charge in [-0.15, -0.1) is 0 Å². The zero-order chi connectivity index (χ0) is 13.4. The molecule has 1 saturated heterocycles. The molecular weight excluding hydrogens is 230 g/mol. The molecule has 106 valence electrons. The molecule has 1 unspecified atom stereocenters. The molecule has 1 rings (SSSR count). The summed E-state index contributed by atoms with van der Waals surface area (Å²) in [6.45, 7) is 7.63. The fourth-order valence-corrected chi connectivity index (χ4v) is 2.33. The van der Waals surface area contributed by atoms with E-state index >= 15 is 0 Å². The summed E-state index contributed by atoms with van der Waals surface area (Å²) in [6, 6.07) is 0. The Morgan fingerprint density at radius 2 is 2.17 bits per heavy atom. The third-order valence-corrected chi connectivity index (χ3v) is 3.64. The second-order valence-electron chi connectivity index (χ2n) is 5.24. The highest BCUT2D eigenvalue weighted by Gasteiger charge is 2.21. The minimum atomic E-state index is -0.196. The van der Waals surface area contributed by atoms with Gasteiger partial charge in [0.15, 0.2) is 0 Å². The lowest BCUT2D eigenvalue weighted by molar-refractivity contribution is -0.121. The zero-order valence-electron chi connectivity index (χ0n) is 11.7. The van der Waals surface area contributed by atoms with Crippen LogP contribution in [0, 0.1) is 11.8 Å². The number of rotatable bonds is 8. The average molecular weight is 257 g/mol. The van der Waals surface area contributed by atoms with Crippen LogP contribution in [0.15, 0.2) is 0 Å². The summed E-state index contributed by atoms with van der Waals surface area (Å²) in [5.41, 5.74) is 5.29. The molecule has 1 aliphatic heterocycles. The van der Waals surface area contributed by atoms with Crippen molar-refractivity contribution < 1.29 is 9.53 Å². The lowest BCUT2D eigenvalue weighted by atomic mass is 9.96. The van der Waals surface area contributed by atoms with Crippen molar-refractivity contribution in [2.75, 3.05) is 46.4 Å². The van der Waals surface area contributed by atoms with Crippen LogP contribution in [0.5, 0.6) is 0 Å². The minimum absolute atomic E-state index is 0.0404. The van der Waals surface area contributed by atoms with E-state index in [1.165, 1.54) is 12.8 Å². The van der Waals surface area contributed by atoms with Gasteiger partial charge in [0, 0.05) is 26.1 Å². The predicted molar refractivity (Wildman–Crippen MR) is 72.3 cm³/mol. The number of amides is 1. The van der Waals surface area contributed by atoms with Gasteiger partial charge in [-0.1, -0.05) is 6.92 Å². The van der Waals surface area contributed by atoms with Gasteiger partial charge in [0.1, 0.15) is 0 Å². The molecule has 5 heteroatoms. The Bertz CT molecular complexity index is 240. The third-order valence-electron chi connectivity index (χ3n) is 3.64. The summed E-state index contributed by atoms with van der Waals surface area (Å²) in [6.07, 6.45) is 2.40. The highest BCUT2D eigenvalue weighted by molar-refractivity contribution is 5.76. The Labute approximate surface area is 110 Å². The number of likely N-dealkylation sites (tertiary alicyclic amines) is 1. The summed E-state index contributed by atoms with van der Waals surface area (Å²) in [7, 11) is 1.72. The third kappa shape index (κ3) is 5.80. The van der Waals surface area contributed by atoms with E-state index in [1.54, 1.807) is 7.11 Å². The first-order chi connectivity index (χ1) is 8.63. The van der Waals surface area contributed by atoms with Crippen LogP contribution in [-0.2, 0) is 9.53 Å². The highest BCUT2D eigenvalue weighted by Crippen LogP contribution is 2.17. The molecule has 1 aliphatic rings. The predicted octanol–water partition coefficient (Wildman–Crippen LogP) is 0.0558. The van der Waals surface area contributed by atoms with Crippen LogP contribution in [0.4, 0.5) is 0 Å². The molecular formula is C13H27N3O2. The number of methoxy groups -OCH3 is 1. The molecule has 0 aromatic rings. The van der Waals surface area contributed by atoms with Gasteiger partial charge in [0.05, 0.1) is 6.61 Å². The number of ether oxygens (including phenoxy) is 1. The number of carbonyl (C=O) groups is 1. The van der Waals surface area contributed by atoms with Crippen molar-refractivity contribution in [3.05, 3.63) is 0 Å². The first-order valence-electron chi connectivity index (χ1n) is 6.84. The molecule has 3 N–H and O–H groups in total. The van der Waals surface area contributed by atoms with E-state index in [2.05, 4.69) is 10.2 Å². The summed E-state index contributed by atoms with van der Waals surface area (Å²) >= 11 is 0. The molecule has 0 aromatic heterocycles. The molecule has 18 heavy (non-hydrogen) atoms. The maximum atomic E-state index is 11.0. The van der Waals surface area contributed by atoms with Crippen molar-refractivity contribution >= 4 is 5.91 Å². The van der Waals surface area contributed by atoms with Crippen LogP contribution in [0.25, 0.3) is 0 Å². The molecule has 1 atom stereocenters. The largest absolute Gasteiger partial charge is 0.383 e. The topological polar surface area (TPSA) is 67.6 Å². The van der Waals surface area contributed by atoms with E-state index in [-0.39, 0.29) is 11.8 Å². The number of nitrogens with two attached hydrogens (primary N) is 1. The number of hydrogen-bond donors (Lipinski definition) is 2. The van der Waals surface area contributed by atoms with Crippen molar-refractivity contribution in [3.63, 3.8) is 0 Å². The number of hydrogen-bond acceptors (Lipinski definition) is 4.